The predicted octanol–water partition coefficient (Wildman–Crippen LogP) is 1.88. The van der Waals surface area contributed by atoms with Gasteiger partial charge >= 0.3 is 5.63 Å². The van der Waals surface area contributed by atoms with Crippen LogP contribution in [0.5, 0.6) is 17.2 Å². The fourth-order valence-electron chi connectivity index (χ4n) is 3.68. The quantitative estimate of drug-likeness (QED) is 0.263. The molecule has 2 heterocycles. The van der Waals surface area contributed by atoms with Gasteiger partial charge in [0.15, 0.2) is 24.7 Å². The molecule has 0 unspecified atom stereocenters. The maximum atomic E-state index is 12.3. The molecule has 1 aliphatic heterocycles. The van der Waals surface area contributed by atoms with E-state index in [2.05, 4.69) is 10.5 Å². The molecule has 1 aromatic heterocycles. The molecule has 0 spiro atoms. The van der Waals surface area contributed by atoms with Crippen LogP contribution < -0.4 is 25.3 Å². The van der Waals surface area contributed by atoms with E-state index in [9.17, 15) is 14.4 Å². The van der Waals surface area contributed by atoms with Crippen molar-refractivity contribution in [2.45, 2.75) is 6.92 Å². The van der Waals surface area contributed by atoms with Gasteiger partial charge in [0.25, 0.3) is 11.8 Å². The number of aryl methyl sites for hydroxylation is 1. The number of methoxy groups -OCH3 is 1. The van der Waals surface area contributed by atoms with Crippen molar-refractivity contribution in [3.63, 3.8) is 0 Å². The van der Waals surface area contributed by atoms with Crippen molar-refractivity contribution in [2.75, 3.05) is 46.6 Å². The fraction of sp³-hybridized carbons (Fsp3) is 0.308. The van der Waals surface area contributed by atoms with Crippen molar-refractivity contribution in [1.29, 1.82) is 0 Å². The number of carbonyl (C=O) groups excluding carboxylic acids is 2. The van der Waals surface area contributed by atoms with E-state index in [1.165, 1.54) is 19.4 Å². The first-order valence-electron chi connectivity index (χ1n) is 11.6. The molecule has 0 aliphatic carbocycles. The van der Waals surface area contributed by atoms with Gasteiger partial charge in [0.1, 0.15) is 11.3 Å². The van der Waals surface area contributed by atoms with Crippen LogP contribution in [0, 0.1) is 6.92 Å². The minimum atomic E-state index is -0.476. The summed E-state index contributed by atoms with van der Waals surface area (Å²) in [5, 5.41) is 4.72. The van der Waals surface area contributed by atoms with Crippen LogP contribution in [-0.2, 0) is 14.3 Å². The lowest BCUT2D eigenvalue weighted by Crippen LogP contribution is -2.43. The van der Waals surface area contributed by atoms with Crippen LogP contribution in [-0.4, -0.2) is 69.6 Å². The number of fused-ring (bicyclic) bond motifs is 1. The molecule has 4 rings (SSSR count). The average Bonchev–Trinajstić information content (AvgIpc) is 2.91. The minimum absolute atomic E-state index is 0.108. The molecular weight excluding hydrogens is 482 g/mol. The number of hydrazone groups is 1. The van der Waals surface area contributed by atoms with E-state index in [4.69, 9.17) is 23.4 Å². The van der Waals surface area contributed by atoms with E-state index >= 15 is 0 Å². The van der Waals surface area contributed by atoms with Gasteiger partial charge in [-0.25, -0.2) is 10.2 Å². The highest BCUT2D eigenvalue weighted by Crippen LogP contribution is 2.27. The summed E-state index contributed by atoms with van der Waals surface area (Å²) in [6, 6.07) is 11.5. The number of morpholine rings is 1. The number of carbonyl (C=O) groups is 2. The Kier molecular flexibility index (Phi) is 8.37. The highest BCUT2D eigenvalue weighted by molar-refractivity contribution is 5.84. The second-order valence-electron chi connectivity index (χ2n) is 8.18. The number of benzene rings is 2. The van der Waals surface area contributed by atoms with Gasteiger partial charge in [-0.05, 0) is 48.4 Å². The number of ether oxygens (including phenoxy) is 4. The lowest BCUT2D eigenvalue weighted by atomic mass is 10.1. The Morgan fingerprint density at radius 2 is 1.86 bits per heavy atom. The molecule has 0 radical (unpaired) electrons. The Morgan fingerprint density at radius 3 is 2.65 bits per heavy atom. The summed E-state index contributed by atoms with van der Waals surface area (Å²) in [5.41, 5.74) is 3.75. The summed E-state index contributed by atoms with van der Waals surface area (Å²) in [7, 11) is 1.49. The zero-order chi connectivity index (χ0) is 26.2. The van der Waals surface area contributed by atoms with E-state index in [1.54, 1.807) is 41.3 Å². The SMILES string of the molecule is COc1cc(C=NNC(=O)COc2ccc3c(C)cc(=O)oc3c2)ccc1OCC(=O)N1CCOCC1. The third-order valence-corrected chi connectivity index (χ3v) is 5.60. The summed E-state index contributed by atoms with van der Waals surface area (Å²) in [6.07, 6.45) is 1.44. The molecule has 1 aliphatic rings. The molecule has 11 heteroatoms. The summed E-state index contributed by atoms with van der Waals surface area (Å²) in [5.74, 6) is 0.624. The predicted molar refractivity (Wildman–Crippen MR) is 134 cm³/mol. The van der Waals surface area contributed by atoms with E-state index in [0.717, 1.165) is 10.9 Å². The van der Waals surface area contributed by atoms with E-state index in [1.807, 2.05) is 6.92 Å². The summed E-state index contributed by atoms with van der Waals surface area (Å²) in [4.78, 5) is 37.7. The average molecular weight is 510 g/mol. The molecule has 0 bridgehead atoms. The Morgan fingerprint density at radius 1 is 1.05 bits per heavy atom. The van der Waals surface area contributed by atoms with E-state index in [0.29, 0.717) is 54.7 Å². The van der Waals surface area contributed by atoms with Gasteiger partial charge in [-0.15, -0.1) is 0 Å². The van der Waals surface area contributed by atoms with Crippen LogP contribution in [0.3, 0.4) is 0 Å². The van der Waals surface area contributed by atoms with Gasteiger partial charge < -0.3 is 28.3 Å². The van der Waals surface area contributed by atoms with Gasteiger partial charge in [0, 0.05) is 30.6 Å². The van der Waals surface area contributed by atoms with Crippen LogP contribution in [0.15, 0.2) is 56.8 Å². The van der Waals surface area contributed by atoms with Crippen molar-refractivity contribution in [3.8, 4) is 17.2 Å². The molecule has 1 saturated heterocycles. The summed E-state index contributed by atoms with van der Waals surface area (Å²) >= 11 is 0. The van der Waals surface area contributed by atoms with E-state index < -0.39 is 11.5 Å². The first-order valence-corrected chi connectivity index (χ1v) is 11.6. The Bertz CT molecular complexity index is 1360. The van der Waals surface area contributed by atoms with Crippen molar-refractivity contribution >= 4 is 29.0 Å². The molecule has 11 nitrogen and oxygen atoms in total. The van der Waals surface area contributed by atoms with Crippen LogP contribution in [0.25, 0.3) is 11.0 Å². The molecule has 0 atom stereocenters. The minimum Gasteiger partial charge on any atom is -0.493 e. The fourth-order valence-corrected chi connectivity index (χ4v) is 3.68. The van der Waals surface area contributed by atoms with Crippen LogP contribution in [0.1, 0.15) is 11.1 Å². The highest BCUT2D eigenvalue weighted by Gasteiger charge is 2.18. The van der Waals surface area contributed by atoms with Gasteiger partial charge in [0.2, 0.25) is 0 Å². The topological polar surface area (TPSA) is 129 Å². The maximum absolute atomic E-state index is 12.3. The number of rotatable bonds is 9. The van der Waals surface area contributed by atoms with Crippen molar-refractivity contribution in [1.82, 2.24) is 10.3 Å². The number of hydrogen-bond acceptors (Lipinski definition) is 9. The van der Waals surface area contributed by atoms with Crippen LogP contribution in [0.2, 0.25) is 0 Å². The third kappa shape index (κ3) is 6.85. The van der Waals surface area contributed by atoms with Gasteiger partial charge in [-0.1, -0.05) is 0 Å². The van der Waals surface area contributed by atoms with E-state index in [-0.39, 0.29) is 19.1 Å². The van der Waals surface area contributed by atoms with Crippen molar-refractivity contribution in [2.24, 2.45) is 5.10 Å². The number of hydrogen-bond donors (Lipinski definition) is 1. The molecule has 1 N–H and O–H groups in total. The lowest BCUT2D eigenvalue weighted by molar-refractivity contribution is -0.137. The second kappa shape index (κ2) is 12.0. The number of nitrogens with zero attached hydrogens (tertiary/aromatic N) is 2. The molecule has 194 valence electrons. The monoisotopic (exact) mass is 509 g/mol. The van der Waals surface area contributed by atoms with Crippen LogP contribution >= 0.6 is 0 Å². The van der Waals surface area contributed by atoms with Gasteiger partial charge in [-0.2, -0.15) is 5.10 Å². The second-order valence-corrected chi connectivity index (χ2v) is 8.18. The zero-order valence-electron chi connectivity index (χ0n) is 20.5. The van der Waals surface area contributed by atoms with Gasteiger partial charge in [-0.3, -0.25) is 9.59 Å². The first-order chi connectivity index (χ1) is 17.9. The third-order valence-electron chi connectivity index (χ3n) is 5.60. The highest BCUT2D eigenvalue weighted by atomic mass is 16.5. The first kappa shape index (κ1) is 25.7. The smallest absolute Gasteiger partial charge is 0.336 e. The molecule has 2 amide bonds. The maximum Gasteiger partial charge on any atom is 0.336 e. The number of nitrogens with one attached hydrogen (secondary N) is 1. The largest absolute Gasteiger partial charge is 0.493 e. The lowest BCUT2D eigenvalue weighted by Gasteiger charge is -2.26. The Labute approximate surface area is 212 Å². The zero-order valence-corrected chi connectivity index (χ0v) is 20.5. The van der Waals surface area contributed by atoms with Gasteiger partial charge in [0.05, 0.1) is 26.5 Å². The Balaban J connectivity index is 1.28. The molecule has 1 fully saturated rings. The Hall–Kier alpha value is -4.38. The molecule has 3 aromatic rings. The van der Waals surface area contributed by atoms with Crippen molar-refractivity contribution < 1.29 is 33.0 Å². The van der Waals surface area contributed by atoms with Crippen LogP contribution in [0.4, 0.5) is 0 Å². The summed E-state index contributed by atoms with van der Waals surface area (Å²) in [6.45, 7) is 3.56. The van der Waals surface area contributed by atoms with Crippen molar-refractivity contribution in [3.05, 3.63) is 64.0 Å². The molecule has 37 heavy (non-hydrogen) atoms. The molecule has 0 saturated carbocycles. The molecule has 2 aromatic carbocycles. The summed E-state index contributed by atoms with van der Waals surface area (Å²) < 4.78 is 26.9. The number of amides is 2. The molecular formula is C26H27N3O8. The normalized spacial score (nSPS) is 13.5. The standard InChI is InChI=1S/C26H27N3O8/c1-17-11-26(32)37-22-13-19(4-5-20(17)22)35-15-24(30)28-27-14-18-3-6-21(23(12-18)33-2)36-16-25(31)29-7-9-34-10-8-29/h3-6,11-14H,7-10,15-16H2,1-2H3,(H,28,30).